The maximum absolute atomic E-state index is 14.4. The summed E-state index contributed by atoms with van der Waals surface area (Å²) in [6.45, 7) is 5.23. The maximum atomic E-state index is 14.4. The number of pyridine rings is 1. The third-order valence-corrected chi connectivity index (χ3v) is 7.91. The summed E-state index contributed by atoms with van der Waals surface area (Å²) in [5.74, 6) is -0.602. The van der Waals surface area contributed by atoms with Gasteiger partial charge in [-0.05, 0) is 63.3 Å². The van der Waals surface area contributed by atoms with Crippen molar-refractivity contribution in [2.24, 2.45) is 5.41 Å². The minimum Gasteiger partial charge on any atom is -0.444 e. The van der Waals surface area contributed by atoms with Crippen LogP contribution in [0.25, 0.3) is 0 Å². The molecule has 0 aliphatic heterocycles. The number of nitrogens with one attached hydrogen (secondary N) is 2. The molecule has 222 valence electrons. The Kier molecular flexibility index (Phi) is 7.45. The number of hydrogen-bond donors (Lipinski definition) is 2. The number of alkyl carbamates (subject to hydrolysis) is 1. The van der Waals surface area contributed by atoms with Crippen LogP contribution in [-0.4, -0.2) is 46.2 Å². The van der Waals surface area contributed by atoms with Gasteiger partial charge in [0.2, 0.25) is 5.91 Å². The highest BCUT2D eigenvalue weighted by molar-refractivity contribution is 5.88. The number of carbonyl (C=O) groups is 2. The van der Waals surface area contributed by atoms with Crippen molar-refractivity contribution >= 4 is 17.7 Å². The third-order valence-electron chi connectivity index (χ3n) is 7.91. The first-order chi connectivity index (χ1) is 19.7. The molecular weight excluding hydrogens is 545 g/mol. The van der Waals surface area contributed by atoms with Crippen LogP contribution in [-0.2, 0) is 9.53 Å². The Labute approximate surface area is 243 Å². The number of hydrogen-bond acceptors (Lipinski definition) is 5. The molecule has 3 aromatic rings. The second-order valence-corrected chi connectivity index (χ2v) is 12.4. The lowest BCUT2D eigenvalue weighted by Gasteiger charge is -2.69. The first-order valence-corrected chi connectivity index (χ1v) is 13.9. The Bertz CT molecular complexity index is 1360. The summed E-state index contributed by atoms with van der Waals surface area (Å²) in [6.07, 6.45) is -3.12. The Morgan fingerprint density at radius 3 is 1.90 bits per heavy atom. The summed E-state index contributed by atoms with van der Waals surface area (Å²) in [6, 6.07) is 19.9. The van der Waals surface area contributed by atoms with E-state index < -0.39 is 40.8 Å². The van der Waals surface area contributed by atoms with Gasteiger partial charge in [0.25, 0.3) is 0 Å². The second-order valence-electron chi connectivity index (χ2n) is 12.4. The summed E-state index contributed by atoms with van der Waals surface area (Å²) in [5, 5.41) is 6.18. The fourth-order valence-electron chi connectivity index (χ4n) is 6.21. The van der Waals surface area contributed by atoms with Crippen LogP contribution in [0.5, 0.6) is 0 Å². The first kappa shape index (κ1) is 29.4. The van der Waals surface area contributed by atoms with E-state index in [-0.39, 0.29) is 31.0 Å². The molecule has 3 aliphatic rings. The van der Waals surface area contributed by atoms with Crippen LogP contribution in [0.3, 0.4) is 0 Å². The topological polar surface area (TPSA) is 83.6 Å². The van der Waals surface area contributed by atoms with E-state index in [0.29, 0.717) is 5.69 Å². The number of aromatic nitrogens is 1. The zero-order valence-corrected chi connectivity index (χ0v) is 24.0. The number of nitrogens with zero attached hydrogens (tertiary/aromatic N) is 2. The molecule has 3 fully saturated rings. The molecule has 0 saturated heterocycles. The predicted octanol–water partition coefficient (Wildman–Crippen LogP) is 6.79. The van der Waals surface area contributed by atoms with Crippen LogP contribution in [0.2, 0.25) is 0 Å². The normalized spacial score (nSPS) is 21.9. The highest BCUT2D eigenvalue weighted by Crippen LogP contribution is 2.68. The fourth-order valence-corrected chi connectivity index (χ4v) is 6.21. The lowest BCUT2D eigenvalue weighted by molar-refractivity contribution is -0.215. The van der Waals surface area contributed by atoms with E-state index in [9.17, 15) is 22.8 Å². The van der Waals surface area contributed by atoms with Gasteiger partial charge in [0.1, 0.15) is 5.60 Å². The van der Waals surface area contributed by atoms with Crippen LogP contribution in [0.15, 0.2) is 79.0 Å². The summed E-state index contributed by atoms with van der Waals surface area (Å²) in [7, 11) is 1.17. The largest absolute Gasteiger partial charge is 0.444 e. The van der Waals surface area contributed by atoms with E-state index in [1.165, 1.54) is 19.3 Å². The lowest BCUT2D eigenvalue weighted by atomic mass is 9.39. The smallest absolute Gasteiger partial charge is 0.414 e. The number of ether oxygens (including phenoxy) is 1. The predicted molar refractivity (Wildman–Crippen MR) is 153 cm³/mol. The van der Waals surface area contributed by atoms with Gasteiger partial charge >= 0.3 is 12.3 Å². The van der Waals surface area contributed by atoms with Crippen molar-refractivity contribution in [3.8, 4) is 0 Å². The van der Waals surface area contributed by atoms with Gasteiger partial charge in [0.15, 0.2) is 6.04 Å². The monoisotopic (exact) mass is 580 g/mol. The molecule has 0 unspecified atom stereocenters. The van der Waals surface area contributed by atoms with E-state index in [2.05, 4.69) is 15.6 Å². The molecule has 0 radical (unpaired) electrons. The van der Waals surface area contributed by atoms with Crippen molar-refractivity contribution in [1.82, 2.24) is 15.2 Å². The SMILES string of the molecule is CN(C(=O)C12CC(NC(=O)OC(C)(C)C)(C1)C2)[C@@H](c1ccc(NC(c2ccccc2)c2ccccc2)cn1)C(F)(F)F. The Hall–Kier alpha value is -4.08. The zero-order chi connectivity index (χ0) is 30.3. The van der Waals surface area contributed by atoms with Crippen LogP contribution in [0, 0.1) is 5.41 Å². The fraction of sp³-hybridized carbons (Fsp3) is 0.406. The van der Waals surface area contributed by atoms with Gasteiger partial charge in [-0.2, -0.15) is 13.2 Å². The van der Waals surface area contributed by atoms with Gasteiger partial charge in [-0.1, -0.05) is 60.7 Å². The minimum atomic E-state index is -4.74. The summed E-state index contributed by atoms with van der Waals surface area (Å²) in [5.41, 5.74) is 0.0459. The molecule has 10 heteroatoms. The van der Waals surface area contributed by atoms with E-state index in [1.54, 1.807) is 26.8 Å². The van der Waals surface area contributed by atoms with E-state index in [4.69, 9.17) is 4.74 Å². The Balaban J connectivity index is 1.29. The first-order valence-electron chi connectivity index (χ1n) is 13.9. The molecule has 2 bridgehead atoms. The second kappa shape index (κ2) is 10.6. The van der Waals surface area contributed by atoms with Crippen molar-refractivity contribution in [1.29, 1.82) is 0 Å². The van der Waals surface area contributed by atoms with Crippen molar-refractivity contribution in [2.75, 3.05) is 12.4 Å². The van der Waals surface area contributed by atoms with Crippen molar-refractivity contribution in [3.63, 3.8) is 0 Å². The number of rotatable bonds is 8. The number of amides is 2. The molecule has 2 amide bonds. The van der Waals surface area contributed by atoms with Gasteiger partial charge in [0, 0.05) is 12.6 Å². The van der Waals surface area contributed by atoms with Gasteiger partial charge in [-0.15, -0.1) is 0 Å². The number of carbonyl (C=O) groups excluding carboxylic acids is 2. The van der Waals surface area contributed by atoms with Gasteiger partial charge < -0.3 is 20.3 Å². The van der Waals surface area contributed by atoms with Crippen LogP contribution >= 0.6 is 0 Å². The minimum absolute atomic E-state index is 0.242. The van der Waals surface area contributed by atoms with E-state index >= 15 is 0 Å². The summed E-state index contributed by atoms with van der Waals surface area (Å²) >= 11 is 0. The number of alkyl halides is 3. The van der Waals surface area contributed by atoms with Gasteiger partial charge in [-0.3, -0.25) is 9.78 Å². The molecule has 3 saturated carbocycles. The number of halogens is 3. The van der Waals surface area contributed by atoms with Gasteiger partial charge in [0.05, 0.1) is 29.0 Å². The van der Waals surface area contributed by atoms with Crippen molar-refractivity contribution in [2.45, 2.75) is 69.4 Å². The molecule has 0 spiro atoms. The summed E-state index contributed by atoms with van der Waals surface area (Å²) in [4.78, 5) is 30.5. The van der Waals surface area contributed by atoms with Crippen molar-refractivity contribution < 1.29 is 27.5 Å². The van der Waals surface area contributed by atoms with E-state index in [1.807, 2.05) is 60.7 Å². The van der Waals surface area contributed by atoms with Crippen LogP contribution in [0.4, 0.5) is 23.7 Å². The average Bonchev–Trinajstić information content (AvgIpc) is 2.88. The molecular formula is C32H35F3N4O3. The maximum Gasteiger partial charge on any atom is 0.414 e. The third kappa shape index (κ3) is 5.93. The molecule has 2 aromatic carbocycles. The standard InChI is InChI=1S/C32H35F3N4O3/c1-29(2,3)42-28(41)38-31-18-30(19-31,20-31)27(40)39(4)26(32(33,34)35)24-16-15-23(17-36-24)37-25(21-11-7-5-8-12-21)22-13-9-6-10-14-22/h5-17,25-26,37H,18-20H2,1-4H3,(H,38,41)/t26-,30?,31?/m0/s1. The van der Waals surface area contributed by atoms with Crippen molar-refractivity contribution in [3.05, 3.63) is 95.8 Å². The Morgan fingerprint density at radius 1 is 0.905 bits per heavy atom. The molecule has 7 nitrogen and oxygen atoms in total. The highest BCUT2D eigenvalue weighted by atomic mass is 19.4. The molecule has 1 aromatic heterocycles. The molecule has 42 heavy (non-hydrogen) atoms. The summed E-state index contributed by atoms with van der Waals surface area (Å²) < 4.78 is 48.4. The number of anilines is 1. The lowest BCUT2D eigenvalue weighted by Crippen LogP contribution is -2.78. The van der Waals surface area contributed by atoms with E-state index in [0.717, 1.165) is 16.0 Å². The molecule has 6 rings (SSSR count). The highest BCUT2D eigenvalue weighted by Gasteiger charge is 2.73. The zero-order valence-electron chi connectivity index (χ0n) is 24.0. The molecule has 1 heterocycles. The Morgan fingerprint density at radius 2 is 1.45 bits per heavy atom. The molecule has 2 N–H and O–H groups in total. The van der Waals surface area contributed by atoms with Crippen LogP contribution in [0.1, 0.15) is 68.9 Å². The molecule has 1 atom stereocenters. The molecule has 3 aliphatic carbocycles. The van der Waals surface area contributed by atoms with Crippen LogP contribution < -0.4 is 10.6 Å². The quantitative estimate of drug-likeness (QED) is 0.307. The number of benzene rings is 2. The average molecular weight is 581 g/mol. The van der Waals surface area contributed by atoms with Gasteiger partial charge in [-0.25, -0.2) is 4.79 Å².